The van der Waals surface area contributed by atoms with E-state index in [0.29, 0.717) is 37.4 Å². The third kappa shape index (κ3) is 2.71. The zero-order chi connectivity index (χ0) is 15.7. The second kappa shape index (κ2) is 6.06. The summed E-state index contributed by atoms with van der Waals surface area (Å²) in [6.07, 6.45) is 1.23. The number of hydrogen-bond acceptors (Lipinski definition) is 5. The molecule has 0 bridgehead atoms. The molecule has 6 heteroatoms. The van der Waals surface area contributed by atoms with Crippen LogP contribution in [0.4, 0.5) is 5.69 Å². The minimum absolute atomic E-state index is 0.174. The Hall–Kier alpha value is -1.92. The fourth-order valence-electron chi connectivity index (χ4n) is 3.10. The number of benzene rings is 1. The maximum absolute atomic E-state index is 12.6. The fraction of sp³-hybridized carbons (Fsp3) is 0.500. The van der Waals surface area contributed by atoms with Gasteiger partial charge in [0.2, 0.25) is 5.91 Å². The van der Waals surface area contributed by atoms with Gasteiger partial charge in [0, 0.05) is 13.1 Å². The van der Waals surface area contributed by atoms with Gasteiger partial charge in [-0.15, -0.1) is 0 Å². The molecule has 118 valence electrons. The van der Waals surface area contributed by atoms with Gasteiger partial charge in [0.05, 0.1) is 31.4 Å². The van der Waals surface area contributed by atoms with Crippen LogP contribution < -0.4 is 9.64 Å². The lowest BCUT2D eigenvalue weighted by Crippen LogP contribution is -2.46. The summed E-state index contributed by atoms with van der Waals surface area (Å²) in [5, 5.41) is 9.57. The molecule has 2 amide bonds. The molecule has 2 heterocycles. The Kier molecular flexibility index (Phi) is 4.13. The molecule has 1 aromatic rings. The van der Waals surface area contributed by atoms with Crippen LogP contribution in [0.3, 0.4) is 0 Å². The number of rotatable bonds is 3. The number of aliphatic hydroxyl groups is 1. The highest BCUT2D eigenvalue weighted by molar-refractivity contribution is 6.22. The van der Waals surface area contributed by atoms with Crippen molar-refractivity contribution in [2.45, 2.75) is 31.4 Å². The van der Waals surface area contributed by atoms with Crippen molar-refractivity contribution in [2.24, 2.45) is 0 Å². The molecule has 22 heavy (non-hydrogen) atoms. The van der Waals surface area contributed by atoms with Gasteiger partial charge >= 0.3 is 0 Å². The second-order valence-corrected chi connectivity index (χ2v) is 5.75. The first-order chi connectivity index (χ1) is 10.6. The van der Waals surface area contributed by atoms with E-state index in [4.69, 9.17) is 4.74 Å². The predicted molar refractivity (Wildman–Crippen MR) is 80.7 cm³/mol. The Morgan fingerprint density at radius 1 is 1.14 bits per heavy atom. The number of piperidine rings is 1. The first-order valence-electron chi connectivity index (χ1n) is 7.53. The van der Waals surface area contributed by atoms with Crippen LogP contribution in [0.25, 0.3) is 0 Å². The van der Waals surface area contributed by atoms with E-state index in [-0.39, 0.29) is 24.3 Å². The topological polar surface area (TPSA) is 70.1 Å². The van der Waals surface area contributed by atoms with E-state index in [2.05, 4.69) is 0 Å². The molecule has 2 fully saturated rings. The second-order valence-electron chi connectivity index (χ2n) is 5.75. The average molecular weight is 304 g/mol. The van der Waals surface area contributed by atoms with Crippen molar-refractivity contribution < 1.29 is 19.4 Å². The van der Waals surface area contributed by atoms with Crippen molar-refractivity contribution in [2.75, 3.05) is 25.1 Å². The van der Waals surface area contributed by atoms with Gasteiger partial charge in [-0.1, -0.05) is 0 Å². The average Bonchev–Trinajstić information content (AvgIpc) is 2.83. The molecule has 3 rings (SSSR count). The zero-order valence-electron chi connectivity index (χ0n) is 12.6. The Morgan fingerprint density at radius 2 is 1.77 bits per heavy atom. The molecule has 6 nitrogen and oxygen atoms in total. The quantitative estimate of drug-likeness (QED) is 0.836. The number of likely N-dealkylation sites (tertiary alicyclic amines) is 1. The van der Waals surface area contributed by atoms with Crippen LogP contribution in [0.1, 0.15) is 19.3 Å². The van der Waals surface area contributed by atoms with Gasteiger partial charge in [0.1, 0.15) is 5.75 Å². The Morgan fingerprint density at radius 3 is 2.36 bits per heavy atom. The summed E-state index contributed by atoms with van der Waals surface area (Å²) in [6.45, 7) is 1.31. The maximum Gasteiger partial charge on any atom is 0.251 e. The number of amides is 2. The third-order valence-corrected chi connectivity index (χ3v) is 4.39. The molecule has 0 spiro atoms. The van der Waals surface area contributed by atoms with Gasteiger partial charge in [-0.3, -0.25) is 14.5 Å². The number of anilines is 1. The summed E-state index contributed by atoms with van der Waals surface area (Å²) < 4.78 is 5.09. The van der Waals surface area contributed by atoms with Crippen molar-refractivity contribution in [3.8, 4) is 5.75 Å². The zero-order valence-corrected chi connectivity index (χ0v) is 12.6. The lowest BCUT2D eigenvalue weighted by molar-refractivity contribution is -0.123. The monoisotopic (exact) mass is 304 g/mol. The molecule has 2 saturated heterocycles. The highest BCUT2D eigenvalue weighted by atomic mass is 16.5. The number of imide groups is 1. The van der Waals surface area contributed by atoms with E-state index in [1.54, 1.807) is 31.4 Å². The van der Waals surface area contributed by atoms with Gasteiger partial charge < -0.3 is 9.84 Å². The highest BCUT2D eigenvalue weighted by Gasteiger charge is 2.43. The maximum atomic E-state index is 12.6. The first kappa shape index (κ1) is 15.0. The lowest BCUT2D eigenvalue weighted by Gasteiger charge is -2.32. The van der Waals surface area contributed by atoms with Crippen LogP contribution in [0, 0.1) is 0 Å². The Labute approximate surface area is 129 Å². The van der Waals surface area contributed by atoms with Gasteiger partial charge in [-0.2, -0.15) is 0 Å². The van der Waals surface area contributed by atoms with Crippen LogP contribution in [0.15, 0.2) is 24.3 Å². The summed E-state index contributed by atoms with van der Waals surface area (Å²) in [6, 6.07) is 6.51. The van der Waals surface area contributed by atoms with Gasteiger partial charge in [-0.25, -0.2) is 4.90 Å². The number of nitrogens with zero attached hydrogens (tertiary/aromatic N) is 2. The van der Waals surface area contributed by atoms with Crippen LogP contribution in [0.2, 0.25) is 0 Å². The minimum Gasteiger partial charge on any atom is -0.497 e. The molecule has 2 aliphatic rings. The van der Waals surface area contributed by atoms with Crippen molar-refractivity contribution in [1.29, 1.82) is 0 Å². The van der Waals surface area contributed by atoms with Crippen molar-refractivity contribution in [3.63, 3.8) is 0 Å². The molecule has 0 unspecified atom stereocenters. The van der Waals surface area contributed by atoms with E-state index < -0.39 is 6.04 Å². The predicted octanol–water partition coefficient (Wildman–Crippen LogP) is 0.784. The number of aliphatic hydroxyl groups excluding tert-OH is 1. The van der Waals surface area contributed by atoms with E-state index in [9.17, 15) is 14.7 Å². The smallest absolute Gasteiger partial charge is 0.251 e. The largest absolute Gasteiger partial charge is 0.497 e. The third-order valence-electron chi connectivity index (χ3n) is 4.39. The van der Waals surface area contributed by atoms with E-state index >= 15 is 0 Å². The van der Waals surface area contributed by atoms with E-state index in [0.717, 1.165) is 0 Å². The lowest BCUT2D eigenvalue weighted by atomic mass is 10.1. The SMILES string of the molecule is COc1ccc(N2C(=O)C[C@H](N3CCC(O)CC3)C2=O)cc1. The van der Waals surface area contributed by atoms with Gasteiger partial charge in [0.15, 0.2) is 0 Å². The minimum atomic E-state index is -0.401. The van der Waals surface area contributed by atoms with Gasteiger partial charge in [-0.05, 0) is 37.1 Å². The normalized spacial score (nSPS) is 24.1. The molecular weight excluding hydrogens is 284 g/mol. The van der Waals surface area contributed by atoms with Crippen LogP contribution in [0.5, 0.6) is 5.75 Å². The van der Waals surface area contributed by atoms with E-state index in [1.807, 2.05) is 4.90 Å². The summed E-state index contributed by atoms with van der Waals surface area (Å²) in [5.74, 6) is 0.335. The highest BCUT2D eigenvalue weighted by Crippen LogP contribution is 2.28. The van der Waals surface area contributed by atoms with Crippen molar-refractivity contribution in [1.82, 2.24) is 4.90 Å². The molecule has 1 aromatic carbocycles. The van der Waals surface area contributed by atoms with Gasteiger partial charge in [0.25, 0.3) is 5.91 Å². The van der Waals surface area contributed by atoms with Crippen molar-refractivity contribution >= 4 is 17.5 Å². The van der Waals surface area contributed by atoms with Crippen LogP contribution in [-0.4, -0.2) is 54.2 Å². The van der Waals surface area contributed by atoms with Crippen LogP contribution in [-0.2, 0) is 9.59 Å². The first-order valence-corrected chi connectivity index (χ1v) is 7.53. The molecule has 1 atom stereocenters. The number of carbonyl (C=O) groups is 2. The van der Waals surface area contributed by atoms with Crippen molar-refractivity contribution in [3.05, 3.63) is 24.3 Å². The molecule has 0 aromatic heterocycles. The molecular formula is C16H20N2O4. The number of carbonyl (C=O) groups excluding carboxylic acids is 2. The fourth-order valence-corrected chi connectivity index (χ4v) is 3.10. The molecule has 1 N–H and O–H groups in total. The molecule has 2 aliphatic heterocycles. The summed E-state index contributed by atoms with van der Waals surface area (Å²) >= 11 is 0. The number of methoxy groups -OCH3 is 1. The Balaban J connectivity index is 1.76. The standard InChI is InChI=1S/C16H20N2O4/c1-22-13-4-2-11(3-5-13)18-15(20)10-14(16(18)21)17-8-6-12(19)7-9-17/h2-5,12,14,19H,6-10H2,1H3/t14-/m0/s1. The molecule has 0 aliphatic carbocycles. The molecule has 0 saturated carbocycles. The number of ether oxygens (including phenoxy) is 1. The summed E-state index contributed by atoms with van der Waals surface area (Å²) in [7, 11) is 1.57. The van der Waals surface area contributed by atoms with Crippen LogP contribution >= 0.6 is 0 Å². The Bertz CT molecular complexity index is 564. The summed E-state index contributed by atoms with van der Waals surface area (Å²) in [5.41, 5.74) is 0.579. The van der Waals surface area contributed by atoms with E-state index in [1.165, 1.54) is 4.90 Å². The summed E-state index contributed by atoms with van der Waals surface area (Å²) in [4.78, 5) is 28.1. The number of hydrogen-bond donors (Lipinski definition) is 1. The molecule has 0 radical (unpaired) electrons.